The maximum Gasteiger partial charge on any atom is 0.303 e. The summed E-state index contributed by atoms with van der Waals surface area (Å²) in [7, 11) is 0. The molecule has 0 aliphatic heterocycles. The number of carboxylic acid groups (broad SMARTS) is 1. The van der Waals surface area contributed by atoms with Crippen molar-refractivity contribution in [3.05, 3.63) is 23.8 Å². The SMILES string of the molecule is CCc1c(C(=O)NCCCCC(=O)O)cnc2ncnn12. The van der Waals surface area contributed by atoms with Gasteiger partial charge in [-0.1, -0.05) is 6.92 Å². The quantitative estimate of drug-likeness (QED) is 0.726. The summed E-state index contributed by atoms with van der Waals surface area (Å²) < 4.78 is 1.55. The van der Waals surface area contributed by atoms with Crippen LogP contribution in [0.5, 0.6) is 0 Å². The van der Waals surface area contributed by atoms with Crippen molar-refractivity contribution in [1.29, 1.82) is 0 Å². The minimum absolute atomic E-state index is 0.114. The zero-order valence-electron chi connectivity index (χ0n) is 11.7. The number of nitrogens with one attached hydrogen (secondary N) is 1. The van der Waals surface area contributed by atoms with Gasteiger partial charge in [-0.25, -0.2) is 9.50 Å². The van der Waals surface area contributed by atoms with Crippen LogP contribution in [0, 0.1) is 0 Å². The topological polar surface area (TPSA) is 109 Å². The van der Waals surface area contributed by atoms with Gasteiger partial charge in [0.1, 0.15) is 6.33 Å². The first kappa shape index (κ1) is 14.9. The van der Waals surface area contributed by atoms with Gasteiger partial charge in [0.2, 0.25) is 0 Å². The van der Waals surface area contributed by atoms with Gasteiger partial charge < -0.3 is 10.4 Å². The number of hydrogen-bond donors (Lipinski definition) is 2. The fraction of sp³-hybridized carbons (Fsp3) is 0.462. The zero-order chi connectivity index (χ0) is 15.2. The van der Waals surface area contributed by atoms with E-state index in [4.69, 9.17) is 5.11 Å². The number of hydrogen-bond acceptors (Lipinski definition) is 5. The number of rotatable bonds is 7. The maximum atomic E-state index is 12.2. The lowest BCUT2D eigenvalue weighted by Gasteiger charge is -2.09. The van der Waals surface area contributed by atoms with Crippen LogP contribution < -0.4 is 5.32 Å². The van der Waals surface area contributed by atoms with E-state index in [9.17, 15) is 9.59 Å². The Morgan fingerprint density at radius 2 is 2.14 bits per heavy atom. The molecule has 2 rings (SSSR count). The molecule has 1 amide bonds. The summed E-state index contributed by atoms with van der Waals surface area (Å²) in [5.41, 5.74) is 1.22. The molecule has 8 nitrogen and oxygen atoms in total. The van der Waals surface area contributed by atoms with Crippen molar-refractivity contribution < 1.29 is 14.7 Å². The molecule has 8 heteroatoms. The van der Waals surface area contributed by atoms with Gasteiger partial charge in [0.25, 0.3) is 11.7 Å². The first-order chi connectivity index (χ1) is 10.1. The van der Waals surface area contributed by atoms with Gasteiger partial charge >= 0.3 is 5.97 Å². The van der Waals surface area contributed by atoms with E-state index in [1.165, 1.54) is 12.5 Å². The van der Waals surface area contributed by atoms with Crippen LogP contribution in [0.2, 0.25) is 0 Å². The Kier molecular flexibility index (Phi) is 4.81. The standard InChI is InChI=1S/C13H17N5O3/c1-2-10-9(7-15-13-16-8-17-18(10)13)12(21)14-6-4-3-5-11(19)20/h7-8H,2-6H2,1H3,(H,14,21)(H,19,20). The largest absolute Gasteiger partial charge is 0.481 e. The molecule has 0 aliphatic carbocycles. The molecule has 0 spiro atoms. The Balaban J connectivity index is 2.00. The second kappa shape index (κ2) is 6.78. The van der Waals surface area contributed by atoms with Gasteiger partial charge in [-0.15, -0.1) is 0 Å². The smallest absolute Gasteiger partial charge is 0.303 e. The Bertz CT molecular complexity index is 652. The van der Waals surface area contributed by atoms with Crippen LogP contribution in [0.15, 0.2) is 12.5 Å². The molecule has 2 aromatic rings. The normalized spacial score (nSPS) is 10.7. The highest BCUT2D eigenvalue weighted by molar-refractivity contribution is 5.95. The Hall–Kier alpha value is -2.51. The molecular formula is C13H17N5O3. The molecule has 0 aliphatic rings. The number of amides is 1. The number of fused-ring (bicyclic) bond motifs is 1. The summed E-state index contributed by atoms with van der Waals surface area (Å²) in [6.45, 7) is 2.37. The monoisotopic (exact) mass is 291 g/mol. The van der Waals surface area contributed by atoms with Crippen LogP contribution in [-0.4, -0.2) is 43.1 Å². The fourth-order valence-electron chi connectivity index (χ4n) is 2.05. The van der Waals surface area contributed by atoms with Crippen molar-refractivity contribution in [2.75, 3.05) is 6.54 Å². The van der Waals surface area contributed by atoms with Crippen LogP contribution in [0.25, 0.3) is 5.78 Å². The summed E-state index contributed by atoms with van der Waals surface area (Å²) in [6, 6.07) is 0. The van der Waals surface area contributed by atoms with Crippen molar-refractivity contribution in [3.63, 3.8) is 0 Å². The summed E-state index contributed by atoms with van der Waals surface area (Å²) in [6.07, 6.45) is 4.80. The number of aromatic nitrogens is 4. The van der Waals surface area contributed by atoms with Crippen LogP contribution in [0.3, 0.4) is 0 Å². The minimum atomic E-state index is -0.824. The number of aliphatic carboxylic acids is 1. The molecule has 21 heavy (non-hydrogen) atoms. The molecule has 0 atom stereocenters. The zero-order valence-corrected chi connectivity index (χ0v) is 11.7. The van der Waals surface area contributed by atoms with E-state index >= 15 is 0 Å². The fourth-order valence-corrected chi connectivity index (χ4v) is 2.05. The van der Waals surface area contributed by atoms with E-state index in [-0.39, 0.29) is 12.3 Å². The number of aryl methyl sites for hydroxylation is 1. The number of carbonyl (C=O) groups excluding carboxylic acids is 1. The number of nitrogens with zero attached hydrogens (tertiary/aromatic N) is 4. The van der Waals surface area contributed by atoms with Crippen LogP contribution in [0.4, 0.5) is 0 Å². The lowest BCUT2D eigenvalue weighted by molar-refractivity contribution is -0.137. The lowest BCUT2D eigenvalue weighted by Crippen LogP contribution is -2.26. The third-order valence-corrected chi connectivity index (χ3v) is 3.09. The molecule has 0 aromatic carbocycles. The highest BCUT2D eigenvalue weighted by atomic mass is 16.4. The van der Waals surface area contributed by atoms with E-state index < -0.39 is 5.97 Å². The molecule has 2 aromatic heterocycles. The van der Waals surface area contributed by atoms with Crippen molar-refractivity contribution in [1.82, 2.24) is 24.9 Å². The Morgan fingerprint density at radius 1 is 1.33 bits per heavy atom. The second-order valence-electron chi connectivity index (χ2n) is 4.55. The molecule has 0 saturated carbocycles. The predicted octanol–water partition coefficient (Wildman–Crippen LogP) is 0.671. The van der Waals surface area contributed by atoms with E-state index in [1.807, 2.05) is 6.92 Å². The van der Waals surface area contributed by atoms with Gasteiger partial charge in [0.15, 0.2) is 0 Å². The molecule has 112 valence electrons. The maximum absolute atomic E-state index is 12.2. The van der Waals surface area contributed by atoms with Crippen molar-refractivity contribution >= 4 is 17.7 Å². The molecule has 0 unspecified atom stereocenters. The third-order valence-electron chi connectivity index (χ3n) is 3.09. The highest BCUT2D eigenvalue weighted by Gasteiger charge is 2.15. The van der Waals surface area contributed by atoms with Crippen molar-refractivity contribution in [3.8, 4) is 0 Å². The first-order valence-electron chi connectivity index (χ1n) is 6.81. The van der Waals surface area contributed by atoms with Gasteiger partial charge in [-0.05, 0) is 19.3 Å². The molecule has 0 saturated heterocycles. The average Bonchev–Trinajstić information content (AvgIpc) is 2.93. The van der Waals surface area contributed by atoms with Gasteiger partial charge in [0.05, 0.1) is 11.3 Å². The predicted molar refractivity (Wildman–Crippen MR) is 74.0 cm³/mol. The second-order valence-corrected chi connectivity index (χ2v) is 4.55. The highest BCUT2D eigenvalue weighted by Crippen LogP contribution is 2.09. The number of unbranched alkanes of at least 4 members (excludes halogenated alkanes) is 1. The van der Waals surface area contributed by atoms with Crippen LogP contribution >= 0.6 is 0 Å². The van der Waals surface area contributed by atoms with E-state index in [0.29, 0.717) is 37.1 Å². The molecular weight excluding hydrogens is 274 g/mol. The average molecular weight is 291 g/mol. The van der Waals surface area contributed by atoms with Crippen molar-refractivity contribution in [2.45, 2.75) is 32.6 Å². The lowest BCUT2D eigenvalue weighted by atomic mass is 10.1. The van der Waals surface area contributed by atoms with Crippen LogP contribution in [0.1, 0.15) is 42.2 Å². The van der Waals surface area contributed by atoms with E-state index in [0.717, 1.165) is 5.69 Å². The van der Waals surface area contributed by atoms with Gasteiger partial charge in [0, 0.05) is 19.2 Å². The van der Waals surface area contributed by atoms with Crippen LogP contribution in [-0.2, 0) is 11.2 Å². The summed E-state index contributed by atoms with van der Waals surface area (Å²) in [5, 5.41) is 15.4. The molecule has 0 fully saturated rings. The van der Waals surface area contributed by atoms with E-state index in [2.05, 4.69) is 20.4 Å². The first-order valence-corrected chi connectivity index (χ1v) is 6.81. The summed E-state index contributed by atoms with van der Waals surface area (Å²) >= 11 is 0. The Morgan fingerprint density at radius 3 is 2.86 bits per heavy atom. The molecule has 2 heterocycles. The van der Waals surface area contributed by atoms with E-state index in [1.54, 1.807) is 4.52 Å². The van der Waals surface area contributed by atoms with Gasteiger partial charge in [-0.2, -0.15) is 10.1 Å². The molecule has 2 N–H and O–H groups in total. The summed E-state index contributed by atoms with van der Waals surface area (Å²) in [5.74, 6) is -0.590. The summed E-state index contributed by atoms with van der Waals surface area (Å²) in [4.78, 5) is 30.6. The Labute approximate surface area is 121 Å². The van der Waals surface area contributed by atoms with Gasteiger partial charge in [-0.3, -0.25) is 9.59 Å². The number of carbonyl (C=O) groups is 2. The molecule has 0 radical (unpaired) electrons. The molecule has 0 bridgehead atoms. The minimum Gasteiger partial charge on any atom is -0.481 e. The number of carboxylic acids is 1. The van der Waals surface area contributed by atoms with Crippen molar-refractivity contribution in [2.24, 2.45) is 0 Å². The third kappa shape index (κ3) is 3.53.